The van der Waals surface area contributed by atoms with E-state index in [4.69, 9.17) is 4.74 Å². The average molecular weight is 341 g/mol. The van der Waals surface area contributed by atoms with E-state index in [0.717, 1.165) is 49.7 Å². The molecule has 2 rings (SSSR count). The number of nitrogens with zero attached hydrogens (tertiary/aromatic N) is 1. The first-order valence-electron chi connectivity index (χ1n) is 8.22. The number of rotatable bonds is 6. The second-order valence-electron chi connectivity index (χ2n) is 6.27. The van der Waals surface area contributed by atoms with Gasteiger partial charge in [0.1, 0.15) is 5.75 Å². The SMILES string of the molecule is CNCCC1CCN(C(=O)COc2ccc(C)cc2C)CC1.Cl. The minimum Gasteiger partial charge on any atom is -0.484 e. The summed E-state index contributed by atoms with van der Waals surface area (Å²) in [5.74, 6) is 1.66. The van der Waals surface area contributed by atoms with Crippen LogP contribution in [0.3, 0.4) is 0 Å². The Morgan fingerprint density at radius 1 is 1.30 bits per heavy atom. The zero-order chi connectivity index (χ0) is 15.9. The third kappa shape index (κ3) is 6.04. The van der Waals surface area contributed by atoms with E-state index in [-0.39, 0.29) is 24.9 Å². The van der Waals surface area contributed by atoms with E-state index < -0.39 is 0 Å². The fourth-order valence-electron chi connectivity index (χ4n) is 3.01. The number of piperidine rings is 1. The van der Waals surface area contributed by atoms with Crippen LogP contribution in [-0.4, -0.2) is 44.1 Å². The maximum Gasteiger partial charge on any atom is 0.260 e. The van der Waals surface area contributed by atoms with Crippen molar-refractivity contribution in [3.8, 4) is 5.75 Å². The number of carbonyl (C=O) groups is 1. The molecule has 0 aromatic heterocycles. The van der Waals surface area contributed by atoms with Crippen molar-refractivity contribution in [2.75, 3.05) is 33.3 Å². The predicted molar refractivity (Wildman–Crippen MR) is 96.5 cm³/mol. The van der Waals surface area contributed by atoms with Crippen LogP contribution in [0, 0.1) is 19.8 Å². The lowest BCUT2D eigenvalue weighted by Crippen LogP contribution is -2.41. The van der Waals surface area contributed by atoms with Crippen molar-refractivity contribution in [3.63, 3.8) is 0 Å². The topological polar surface area (TPSA) is 41.6 Å². The highest BCUT2D eigenvalue weighted by atomic mass is 35.5. The maximum absolute atomic E-state index is 12.3. The molecule has 0 unspecified atom stereocenters. The number of amides is 1. The van der Waals surface area contributed by atoms with Crippen LogP contribution in [0.4, 0.5) is 0 Å². The van der Waals surface area contributed by atoms with E-state index in [0.29, 0.717) is 0 Å². The third-order valence-corrected chi connectivity index (χ3v) is 4.45. The van der Waals surface area contributed by atoms with Gasteiger partial charge in [-0.2, -0.15) is 0 Å². The molecular formula is C18H29ClN2O2. The Morgan fingerprint density at radius 2 is 2.00 bits per heavy atom. The average Bonchev–Trinajstić information content (AvgIpc) is 2.52. The lowest BCUT2D eigenvalue weighted by atomic mass is 9.93. The molecule has 0 atom stereocenters. The van der Waals surface area contributed by atoms with Gasteiger partial charge in [-0.3, -0.25) is 4.79 Å². The molecule has 1 saturated heterocycles. The molecule has 1 heterocycles. The standard InChI is InChI=1S/C18H28N2O2.ClH/c1-14-4-5-17(15(2)12-14)22-13-18(21)20-10-7-16(8-11-20)6-9-19-3;/h4-5,12,16,19H,6-11,13H2,1-3H3;1H. The van der Waals surface area contributed by atoms with Gasteiger partial charge in [-0.15, -0.1) is 12.4 Å². The summed E-state index contributed by atoms with van der Waals surface area (Å²) in [5, 5.41) is 3.20. The van der Waals surface area contributed by atoms with Gasteiger partial charge in [-0.25, -0.2) is 0 Å². The molecule has 1 amide bonds. The molecule has 1 aliphatic heterocycles. The van der Waals surface area contributed by atoms with Crippen molar-refractivity contribution in [3.05, 3.63) is 29.3 Å². The molecule has 0 saturated carbocycles. The second-order valence-corrected chi connectivity index (χ2v) is 6.27. The summed E-state index contributed by atoms with van der Waals surface area (Å²) < 4.78 is 5.70. The number of carbonyl (C=O) groups excluding carboxylic acids is 1. The van der Waals surface area contributed by atoms with E-state index in [1.165, 1.54) is 12.0 Å². The fourth-order valence-corrected chi connectivity index (χ4v) is 3.01. The molecule has 0 bridgehead atoms. The summed E-state index contributed by atoms with van der Waals surface area (Å²) in [4.78, 5) is 14.2. The minimum atomic E-state index is 0. The molecule has 23 heavy (non-hydrogen) atoms. The first-order chi connectivity index (χ1) is 10.6. The molecule has 1 N–H and O–H groups in total. The Bertz CT molecular complexity index is 500. The number of likely N-dealkylation sites (tertiary alicyclic amines) is 1. The quantitative estimate of drug-likeness (QED) is 0.865. The van der Waals surface area contributed by atoms with Gasteiger partial charge in [0.25, 0.3) is 5.91 Å². The van der Waals surface area contributed by atoms with Crippen LogP contribution in [0.15, 0.2) is 18.2 Å². The van der Waals surface area contributed by atoms with Crippen LogP contribution < -0.4 is 10.1 Å². The number of ether oxygens (including phenoxy) is 1. The summed E-state index contributed by atoms with van der Waals surface area (Å²) >= 11 is 0. The van der Waals surface area contributed by atoms with Gasteiger partial charge in [0.15, 0.2) is 6.61 Å². The molecule has 0 spiro atoms. The zero-order valence-electron chi connectivity index (χ0n) is 14.4. The molecular weight excluding hydrogens is 312 g/mol. The Kier molecular flexibility index (Phi) is 8.42. The smallest absolute Gasteiger partial charge is 0.260 e. The van der Waals surface area contributed by atoms with Gasteiger partial charge < -0.3 is 15.0 Å². The molecule has 0 aliphatic carbocycles. The molecule has 0 radical (unpaired) electrons. The van der Waals surface area contributed by atoms with Crippen molar-refractivity contribution >= 4 is 18.3 Å². The third-order valence-electron chi connectivity index (χ3n) is 4.45. The van der Waals surface area contributed by atoms with E-state index in [9.17, 15) is 4.79 Å². The number of aryl methyl sites for hydroxylation is 2. The number of hydrogen-bond donors (Lipinski definition) is 1. The summed E-state index contributed by atoms with van der Waals surface area (Å²) in [5.41, 5.74) is 2.29. The number of nitrogens with one attached hydrogen (secondary N) is 1. The van der Waals surface area contributed by atoms with E-state index >= 15 is 0 Å². The van der Waals surface area contributed by atoms with E-state index in [2.05, 4.69) is 18.3 Å². The first-order valence-corrected chi connectivity index (χ1v) is 8.22. The van der Waals surface area contributed by atoms with E-state index in [1.54, 1.807) is 0 Å². The zero-order valence-corrected chi connectivity index (χ0v) is 15.2. The van der Waals surface area contributed by atoms with Crippen molar-refractivity contribution in [2.24, 2.45) is 5.92 Å². The number of hydrogen-bond acceptors (Lipinski definition) is 3. The summed E-state index contributed by atoms with van der Waals surface area (Å²) in [7, 11) is 1.99. The Labute approximate surface area is 146 Å². The molecule has 1 aromatic rings. The number of halogens is 1. The number of benzene rings is 1. The van der Waals surface area contributed by atoms with Gasteiger partial charge in [0, 0.05) is 13.1 Å². The maximum atomic E-state index is 12.3. The van der Waals surface area contributed by atoms with Crippen molar-refractivity contribution in [1.29, 1.82) is 0 Å². The lowest BCUT2D eigenvalue weighted by Gasteiger charge is -2.32. The van der Waals surface area contributed by atoms with Gasteiger partial charge >= 0.3 is 0 Å². The van der Waals surface area contributed by atoms with Crippen LogP contribution in [-0.2, 0) is 4.79 Å². The highest BCUT2D eigenvalue weighted by Gasteiger charge is 2.22. The van der Waals surface area contributed by atoms with Crippen molar-refractivity contribution < 1.29 is 9.53 Å². The summed E-state index contributed by atoms with van der Waals surface area (Å²) in [6.07, 6.45) is 3.42. The Balaban J connectivity index is 0.00000264. The highest BCUT2D eigenvalue weighted by molar-refractivity contribution is 5.85. The van der Waals surface area contributed by atoms with Gasteiger partial charge in [-0.1, -0.05) is 17.7 Å². The molecule has 130 valence electrons. The summed E-state index contributed by atoms with van der Waals surface area (Å²) in [6, 6.07) is 6.04. The van der Waals surface area contributed by atoms with Crippen LogP contribution in [0.1, 0.15) is 30.4 Å². The van der Waals surface area contributed by atoms with Crippen LogP contribution in [0.2, 0.25) is 0 Å². The molecule has 1 aromatic carbocycles. The predicted octanol–water partition coefficient (Wildman–Crippen LogP) is 2.95. The first kappa shape index (κ1) is 19.8. The highest BCUT2D eigenvalue weighted by Crippen LogP contribution is 2.21. The summed E-state index contributed by atoms with van der Waals surface area (Å²) in [6.45, 7) is 7.01. The minimum absolute atomic E-state index is 0. The molecule has 1 fully saturated rings. The lowest BCUT2D eigenvalue weighted by molar-refractivity contribution is -0.134. The Hall–Kier alpha value is -1.26. The van der Waals surface area contributed by atoms with E-state index in [1.807, 2.05) is 31.0 Å². The van der Waals surface area contributed by atoms with Gasteiger partial charge in [-0.05, 0) is 64.3 Å². The van der Waals surface area contributed by atoms with Gasteiger partial charge in [0.2, 0.25) is 0 Å². The van der Waals surface area contributed by atoms with Crippen LogP contribution in [0.25, 0.3) is 0 Å². The van der Waals surface area contributed by atoms with Gasteiger partial charge in [0.05, 0.1) is 0 Å². The van der Waals surface area contributed by atoms with Crippen molar-refractivity contribution in [1.82, 2.24) is 10.2 Å². The van der Waals surface area contributed by atoms with Crippen LogP contribution in [0.5, 0.6) is 5.75 Å². The fraction of sp³-hybridized carbons (Fsp3) is 0.611. The molecule has 1 aliphatic rings. The monoisotopic (exact) mass is 340 g/mol. The van der Waals surface area contributed by atoms with Crippen LogP contribution >= 0.6 is 12.4 Å². The van der Waals surface area contributed by atoms with Crippen molar-refractivity contribution in [2.45, 2.75) is 33.1 Å². The Morgan fingerprint density at radius 3 is 2.61 bits per heavy atom. The molecule has 5 heteroatoms. The normalized spacial score (nSPS) is 15.2. The largest absolute Gasteiger partial charge is 0.484 e. The molecule has 4 nitrogen and oxygen atoms in total. The second kappa shape index (κ2) is 9.78.